The normalized spacial score (nSPS) is 11.8. The molecule has 0 unspecified atom stereocenters. The number of hydrogen-bond acceptors (Lipinski definition) is 5. The van der Waals surface area contributed by atoms with Crippen LogP contribution in [-0.4, -0.2) is 35.0 Å². The maximum Gasteiger partial charge on any atom is 0.416 e. The lowest BCUT2D eigenvalue weighted by Gasteiger charge is -2.12. The predicted molar refractivity (Wildman–Crippen MR) is 76.7 cm³/mol. The first kappa shape index (κ1) is 16.1. The maximum absolute atomic E-state index is 13.0. The highest BCUT2D eigenvalue weighted by Gasteiger charge is 2.32. The Bertz CT molecular complexity index is 780. The van der Waals surface area contributed by atoms with E-state index in [1.54, 1.807) is 17.1 Å². The Morgan fingerprint density at radius 1 is 1.04 bits per heavy atom. The summed E-state index contributed by atoms with van der Waals surface area (Å²) in [6.07, 6.45) is -0.660. The molecule has 0 saturated heterocycles. The molecule has 10 heteroatoms. The van der Waals surface area contributed by atoms with Crippen LogP contribution < -0.4 is 0 Å². The third kappa shape index (κ3) is 3.76. The van der Waals surface area contributed by atoms with Gasteiger partial charge in [0.2, 0.25) is 0 Å². The first-order valence-corrected chi connectivity index (χ1v) is 7.26. The van der Waals surface area contributed by atoms with Crippen molar-refractivity contribution < 1.29 is 13.2 Å². The van der Waals surface area contributed by atoms with Gasteiger partial charge in [-0.15, -0.1) is 5.10 Å². The average Bonchev–Trinajstić information content (AvgIpc) is 3.22. The van der Waals surface area contributed by atoms with Crippen molar-refractivity contribution in [1.29, 1.82) is 0 Å². The van der Waals surface area contributed by atoms with E-state index in [4.69, 9.17) is 0 Å². The number of aromatic nitrogens is 7. The summed E-state index contributed by atoms with van der Waals surface area (Å²) in [7, 11) is 0. The molecule has 0 atom stereocenters. The molecule has 2 heterocycles. The van der Waals surface area contributed by atoms with E-state index < -0.39 is 11.7 Å². The smallest absolute Gasteiger partial charge is 0.253 e. The first-order valence-electron chi connectivity index (χ1n) is 7.26. The number of hydrogen-bond donors (Lipinski definition) is 0. The molecule has 0 spiro atoms. The Kier molecular flexibility index (Phi) is 4.54. The second-order valence-electron chi connectivity index (χ2n) is 5.13. The molecule has 2 aromatic heterocycles. The second kappa shape index (κ2) is 6.77. The van der Waals surface area contributed by atoms with Crippen LogP contribution in [0.25, 0.3) is 0 Å². The zero-order valence-electron chi connectivity index (χ0n) is 12.6. The standard InChI is InChI=1S/C14H14F3N7/c15-14(16,17)12-4-2-1-3-11(12)5-8-24-13(20-21-22-24)6-7-23-10-18-9-19-23/h1-4,9-10H,5-8H2. The van der Waals surface area contributed by atoms with Gasteiger partial charge in [-0.2, -0.15) is 18.3 Å². The zero-order chi connectivity index (χ0) is 17.0. The van der Waals surface area contributed by atoms with Gasteiger partial charge in [-0.1, -0.05) is 18.2 Å². The van der Waals surface area contributed by atoms with Crippen LogP contribution in [0.1, 0.15) is 17.0 Å². The molecule has 1 aromatic carbocycles. The molecule has 0 aliphatic rings. The SMILES string of the molecule is FC(F)(F)c1ccccc1CCn1nnnc1CCn1cncn1. The fraction of sp³-hybridized carbons (Fsp3) is 0.357. The molecule has 3 aromatic rings. The molecule has 0 aliphatic heterocycles. The summed E-state index contributed by atoms with van der Waals surface area (Å²) in [6.45, 7) is 0.812. The number of benzene rings is 1. The first-order chi connectivity index (χ1) is 11.5. The van der Waals surface area contributed by atoms with Gasteiger partial charge in [0, 0.05) is 19.5 Å². The third-order valence-electron chi connectivity index (χ3n) is 3.55. The molecule has 0 radical (unpaired) electrons. The summed E-state index contributed by atoms with van der Waals surface area (Å²) < 4.78 is 42.2. The largest absolute Gasteiger partial charge is 0.416 e. The molecule has 7 nitrogen and oxygen atoms in total. The highest BCUT2D eigenvalue weighted by Crippen LogP contribution is 2.32. The van der Waals surface area contributed by atoms with Crippen molar-refractivity contribution in [1.82, 2.24) is 35.0 Å². The Hall–Kier alpha value is -2.78. The molecule has 0 amide bonds. The molecule has 0 fully saturated rings. The van der Waals surface area contributed by atoms with E-state index in [0.29, 0.717) is 18.8 Å². The van der Waals surface area contributed by atoms with Crippen LogP contribution in [0.4, 0.5) is 13.2 Å². The molecule has 0 saturated carbocycles. The van der Waals surface area contributed by atoms with E-state index >= 15 is 0 Å². The van der Waals surface area contributed by atoms with Crippen LogP contribution in [-0.2, 0) is 32.1 Å². The minimum atomic E-state index is -4.37. The van der Waals surface area contributed by atoms with Gasteiger partial charge in [0.25, 0.3) is 0 Å². The van der Waals surface area contributed by atoms with Crippen LogP contribution in [0.5, 0.6) is 0 Å². The van der Waals surface area contributed by atoms with Gasteiger partial charge in [0.15, 0.2) is 5.82 Å². The number of aryl methyl sites for hydroxylation is 4. The van der Waals surface area contributed by atoms with Crippen molar-refractivity contribution >= 4 is 0 Å². The van der Waals surface area contributed by atoms with Crippen molar-refractivity contribution in [3.63, 3.8) is 0 Å². The summed E-state index contributed by atoms with van der Waals surface area (Å²) in [5.41, 5.74) is -0.398. The van der Waals surface area contributed by atoms with E-state index in [0.717, 1.165) is 6.07 Å². The highest BCUT2D eigenvalue weighted by atomic mass is 19.4. The van der Waals surface area contributed by atoms with Crippen LogP contribution in [0, 0.1) is 0 Å². The van der Waals surface area contributed by atoms with Gasteiger partial charge in [-0.3, -0.25) is 4.68 Å². The lowest BCUT2D eigenvalue weighted by Crippen LogP contribution is -2.14. The second-order valence-corrected chi connectivity index (χ2v) is 5.13. The van der Waals surface area contributed by atoms with E-state index in [2.05, 4.69) is 25.6 Å². The fourth-order valence-corrected chi connectivity index (χ4v) is 2.38. The van der Waals surface area contributed by atoms with Gasteiger partial charge >= 0.3 is 6.18 Å². The van der Waals surface area contributed by atoms with E-state index in [-0.39, 0.29) is 18.5 Å². The van der Waals surface area contributed by atoms with Gasteiger partial charge < -0.3 is 0 Å². The van der Waals surface area contributed by atoms with E-state index in [1.165, 1.54) is 23.1 Å². The predicted octanol–water partition coefficient (Wildman–Crippen LogP) is 1.77. The Morgan fingerprint density at radius 2 is 1.88 bits per heavy atom. The maximum atomic E-state index is 13.0. The topological polar surface area (TPSA) is 74.3 Å². The highest BCUT2D eigenvalue weighted by molar-refractivity contribution is 5.29. The minimum Gasteiger partial charge on any atom is -0.253 e. The zero-order valence-corrected chi connectivity index (χ0v) is 12.6. The molecule has 0 bridgehead atoms. The fourth-order valence-electron chi connectivity index (χ4n) is 2.38. The molecular formula is C14H14F3N7. The van der Waals surface area contributed by atoms with Crippen molar-refractivity contribution in [2.45, 2.75) is 32.1 Å². The summed E-state index contributed by atoms with van der Waals surface area (Å²) in [6, 6.07) is 5.53. The quantitative estimate of drug-likeness (QED) is 0.685. The molecule has 0 N–H and O–H groups in total. The summed E-state index contributed by atoms with van der Waals surface area (Å²) >= 11 is 0. The molecule has 126 valence electrons. The number of nitrogens with zero attached hydrogens (tertiary/aromatic N) is 7. The molecule has 0 aliphatic carbocycles. The Balaban J connectivity index is 1.67. The number of rotatable bonds is 6. The van der Waals surface area contributed by atoms with Crippen molar-refractivity contribution in [3.8, 4) is 0 Å². The monoisotopic (exact) mass is 337 g/mol. The molecule has 24 heavy (non-hydrogen) atoms. The van der Waals surface area contributed by atoms with Crippen LogP contribution in [0.15, 0.2) is 36.9 Å². The number of alkyl halides is 3. The van der Waals surface area contributed by atoms with Crippen LogP contribution in [0.2, 0.25) is 0 Å². The average molecular weight is 337 g/mol. The summed E-state index contributed by atoms with van der Waals surface area (Å²) in [4.78, 5) is 3.84. The summed E-state index contributed by atoms with van der Waals surface area (Å²) in [5.74, 6) is 0.593. The Morgan fingerprint density at radius 3 is 2.62 bits per heavy atom. The van der Waals surface area contributed by atoms with Gasteiger partial charge in [0.05, 0.1) is 5.56 Å². The lowest BCUT2D eigenvalue weighted by atomic mass is 10.0. The van der Waals surface area contributed by atoms with Crippen molar-refractivity contribution in [3.05, 3.63) is 53.9 Å². The Labute approximate surface area is 135 Å². The van der Waals surface area contributed by atoms with Crippen molar-refractivity contribution in [2.75, 3.05) is 0 Å². The van der Waals surface area contributed by atoms with E-state index in [1.807, 2.05) is 0 Å². The lowest BCUT2D eigenvalue weighted by molar-refractivity contribution is -0.138. The van der Waals surface area contributed by atoms with Crippen molar-refractivity contribution in [2.24, 2.45) is 0 Å². The molecular weight excluding hydrogens is 323 g/mol. The molecule has 3 rings (SSSR count). The van der Waals surface area contributed by atoms with Crippen LogP contribution in [0.3, 0.4) is 0 Å². The van der Waals surface area contributed by atoms with E-state index in [9.17, 15) is 13.2 Å². The van der Waals surface area contributed by atoms with Gasteiger partial charge in [0.1, 0.15) is 12.7 Å². The summed E-state index contributed by atoms with van der Waals surface area (Å²) in [5, 5.41) is 15.4. The third-order valence-corrected chi connectivity index (χ3v) is 3.55. The number of halogens is 3. The number of tetrazole rings is 1. The van der Waals surface area contributed by atoms with Gasteiger partial charge in [-0.25, -0.2) is 9.67 Å². The van der Waals surface area contributed by atoms with Crippen LogP contribution >= 0.6 is 0 Å². The minimum absolute atomic E-state index is 0.192. The van der Waals surface area contributed by atoms with Gasteiger partial charge in [-0.05, 0) is 28.5 Å².